The third-order valence-corrected chi connectivity index (χ3v) is 4.85. The zero-order valence-electron chi connectivity index (χ0n) is 14.5. The van der Waals surface area contributed by atoms with Crippen molar-refractivity contribution in [2.45, 2.75) is 25.3 Å². The van der Waals surface area contributed by atoms with Gasteiger partial charge in [-0.3, -0.25) is 14.6 Å². The number of piperidine rings is 1. The summed E-state index contributed by atoms with van der Waals surface area (Å²) in [4.78, 5) is 15.0. The van der Waals surface area contributed by atoms with E-state index >= 15 is 0 Å². The summed E-state index contributed by atoms with van der Waals surface area (Å²) in [5.74, 6) is -0.0108. The molecule has 0 saturated carbocycles. The second-order valence-corrected chi connectivity index (χ2v) is 6.60. The van der Waals surface area contributed by atoms with Crippen LogP contribution in [0.4, 0.5) is 0 Å². The van der Waals surface area contributed by atoms with Crippen molar-refractivity contribution in [3.63, 3.8) is 0 Å². The van der Waals surface area contributed by atoms with Gasteiger partial charge in [0.05, 0.1) is 17.4 Å². The number of aromatic nitrogens is 5. The number of rotatable bonds is 3. The Morgan fingerprint density at radius 3 is 2.84 bits per heavy atom. The number of hydrogen-bond acceptors (Lipinski definition) is 3. The van der Waals surface area contributed by atoms with Gasteiger partial charge >= 0.3 is 0 Å². The van der Waals surface area contributed by atoms with Gasteiger partial charge in [-0.2, -0.15) is 10.2 Å². The lowest BCUT2D eigenvalue weighted by atomic mass is 9.99. The molecule has 0 unspecified atom stereocenters. The van der Waals surface area contributed by atoms with Crippen molar-refractivity contribution in [2.75, 3.05) is 6.54 Å². The van der Waals surface area contributed by atoms with Crippen LogP contribution in [0.25, 0.3) is 11.4 Å². The van der Waals surface area contributed by atoms with E-state index in [1.54, 1.807) is 4.68 Å². The van der Waals surface area contributed by atoms with E-state index in [1.165, 1.54) is 0 Å². The maximum atomic E-state index is 13.1. The number of nitrogens with one attached hydrogen (secondary N) is 1. The van der Waals surface area contributed by atoms with Gasteiger partial charge in [0.25, 0.3) is 5.91 Å². The Bertz CT molecular complexity index is 889. The van der Waals surface area contributed by atoms with Crippen molar-refractivity contribution in [2.24, 2.45) is 14.1 Å². The maximum absolute atomic E-state index is 13.1. The number of hydrogen-bond donors (Lipinski definition) is 1. The zero-order chi connectivity index (χ0) is 17.4. The van der Waals surface area contributed by atoms with Gasteiger partial charge in [-0.1, -0.05) is 0 Å². The van der Waals surface area contributed by atoms with E-state index < -0.39 is 0 Å². The monoisotopic (exact) mass is 338 g/mol. The average molecular weight is 338 g/mol. The van der Waals surface area contributed by atoms with Crippen molar-refractivity contribution in [1.29, 1.82) is 0 Å². The third-order valence-electron chi connectivity index (χ3n) is 4.85. The van der Waals surface area contributed by atoms with Crippen molar-refractivity contribution in [1.82, 2.24) is 29.4 Å². The van der Waals surface area contributed by atoms with Gasteiger partial charge in [0.15, 0.2) is 0 Å². The fourth-order valence-electron chi connectivity index (χ4n) is 3.54. The number of carbonyl (C=O) groups excluding carboxylic acids is 1. The smallest absolute Gasteiger partial charge is 0.272 e. The van der Waals surface area contributed by atoms with Crippen LogP contribution in [0.2, 0.25) is 0 Å². The Hall–Kier alpha value is -2.83. The van der Waals surface area contributed by atoms with Crippen LogP contribution in [0, 0.1) is 0 Å². The number of H-pyrrole nitrogens is 1. The highest BCUT2D eigenvalue weighted by molar-refractivity contribution is 5.93. The van der Waals surface area contributed by atoms with E-state index in [4.69, 9.17) is 0 Å². The molecular formula is C18H22N6O. The first-order chi connectivity index (χ1) is 12.1. The highest BCUT2D eigenvalue weighted by Gasteiger charge is 2.31. The molecule has 0 bridgehead atoms. The molecule has 1 amide bonds. The standard InChI is InChI=1S/C18H22N6O/c1-22-9-5-7-16(22)14-12-15(20-19-14)18(25)24-10-4-3-6-17(24)13-8-11-23(2)21-13/h5,7-9,11-12,17H,3-4,6,10H2,1-2H3,(H,19,20)/t17-/m0/s1. The molecule has 0 spiro atoms. The fraction of sp³-hybridized carbons (Fsp3) is 0.389. The van der Waals surface area contributed by atoms with Gasteiger partial charge in [0.1, 0.15) is 11.4 Å². The third kappa shape index (κ3) is 2.86. The summed E-state index contributed by atoms with van der Waals surface area (Å²) in [6.07, 6.45) is 6.97. The number of nitrogens with zero attached hydrogens (tertiary/aromatic N) is 5. The van der Waals surface area contributed by atoms with E-state index in [9.17, 15) is 4.79 Å². The number of carbonyl (C=O) groups is 1. The molecule has 0 aliphatic carbocycles. The molecule has 1 aliphatic rings. The highest BCUT2D eigenvalue weighted by Crippen LogP contribution is 2.31. The molecule has 130 valence electrons. The molecule has 0 radical (unpaired) electrons. The van der Waals surface area contributed by atoms with E-state index in [0.29, 0.717) is 5.69 Å². The van der Waals surface area contributed by atoms with Crippen molar-refractivity contribution in [3.8, 4) is 11.4 Å². The molecule has 25 heavy (non-hydrogen) atoms. The molecule has 4 rings (SSSR count). The van der Waals surface area contributed by atoms with E-state index in [0.717, 1.165) is 42.9 Å². The first-order valence-corrected chi connectivity index (χ1v) is 8.61. The zero-order valence-corrected chi connectivity index (χ0v) is 14.5. The van der Waals surface area contributed by atoms with Gasteiger partial charge in [-0.25, -0.2) is 0 Å². The lowest BCUT2D eigenvalue weighted by Gasteiger charge is -2.34. The Balaban J connectivity index is 1.61. The van der Waals surface area contributed by atoms with Crippen LogP contribution in [0.5, 0.6) is 0 Å². The van der Waals surface area contributed by atoms with Crippen LogP contribution in [-0.4, -0.2) is 41.9 Å². The molecule has 7 nitrogen and oxygen atoms in total. The quantitative estimate of drug-likeness (QED) is 0.797. The second kappa shape index (κ2) is 6.23. The predicted octanol–water partition coefficient (Wildman–Crippen LogP) is 2.52. The van der Waals surface area contributed by atoms with Gasteiger partial charge in [-0.05, 0) is 43.5 Å². The summed E-state index contributed by atoms with van der Waals surface area (Å²) in [5, 5.41) is 11.8. The number of likely N-dealkylation sites (tertiary alicyclic amines) is 1. The van der Waals surface area contributed by atoms with E-state index in [1.807, 2.05) is 60.2 Å². The summed E-state index contributed by atoms with van der Waals surface area (Å²) < 4.78 is 3.78. The van der Waals surface area contributed by atoms with Crippen LogP contribution >= 0.6 is 0 Å². The fourth-order valence-corrected chi connectivity index (χ4v) is 3.54. The summed E-state index contributed by atoms with van der Waals surface area (Å²) in [5.41, 5.74) is 3.24. The SMILES string of the molecule is Cn1ccc([C@@H]2CCCCN2C(=O)c2cc(-c3cccn3C)n[nH]2)n1. The van der Waals surface area contributed by atoms with Crippen LogP contribution in [0.1, 0.15) is 41.5 Å². The topological polar surface area (TPSA) is 71.7 Å². The average Bonchev–Trinajstić information content (AvgIpc) is 3.35. The minimum absolute atomic E-state index is 0.0108. The Labute approximate surface area is 146 Å². The lowest BCUT2D eigenvalue weighted by Crippen LogP contribution is -2.39. The molecule has 1 atom stereocenters. The first kappa shape index (κ1) is 15.7. The minimum Gasteiger partial charge on any atom is -0.349 e. The highest BCUT2D eigenvalue weighted by atomic mass is 16.2. The molecule has 1 saturated heterocycles. The van der Waals surface area contributed by atoms with Crippen molar-refractivity contribution < 1.29 is 4.79 Å². The van der Waals surface area contributed by atoms with Crippen molar-refractivity contribution in [3.05, 3.63) is 48.0 Å². The number of aryl methyl sites for hydroxylation is 2. The van der Waals surface area contributed by atoms with E-state index in [-0.39, 0.29) is 11.9 Å². The summed E-state index contributed by atoms with van der Waals surface area (Å²) in [6.45, 7) is 0.749. The molecule has 3 aromatic heterocycles. The van der Waals surface area contributed by atoms with Crippen LogP contribution in [-0.2, 0) is 14.1 Å². The lowest BCUT2D eigenvalue weighted by molar-refractivity contribution is 0.0599. The molecule has 3 aromatic rings. The molecule has 7 heteroatoms. The number of aromatic amines is 1. The van der Waals surface area contributed by atoms with Gasteiger partial charge < -0.3 is 9.47 Å². The molecular weight excluding hydrogens is 316 g/mol. The number of amides is 1. The summed E-state index contributed by atoms with van der Waals surface area (Å²) in [6, 6.07) is 7.82. The second-order valence-electron chi connectivity index (χ2n) is 6.60. The van der Waals surface area contributed by atoms with Crippen LogP contribution < -0.4 is 0 Å². The molecule has 0 aromatic carbocycles. The molecule has 4 heterocycles. The maximum Gasteiger partial charge on any atom is 0.272 e. The first-order valence-electron chi connectivity index (χ1n) is 8.61. The summed E-state index contributed by atoms with van der Waals surface area (Å²) in [7, 11) is 3.87. The van der Waals surface area contributed by atoms with E-state index in [2.05, 4.69) is 15.3 Å². The molecule has 1 aliphatic heterocycles. The Kier molecular flexibility index (Phi) is 3.91. The Morgan fingerprint density at radius 2 is 2.12 bits per heavy atom. The normalized spacial score (nSPS) is 17.8. The molecule has 1 fully saturated rings. The van der Waals surface area contributed by atoms with Gasteiger partial charge in [0, 0.05) is 33.0 Å². The summed E-state index contributed by atoms with van der Waals surface area (Å²) >= 11 is 0. The predicted molar refractivity (Wildman–Crippen MR) is 93.8 cm³/mol. The largest absolute Gasteiger partial charge is 0.349 e. The molecule has 1 N–H and O–H groups in total. The van der Waals surface area contributed by atoms with Crippen LogP contribution in [0.3, 0.4) is 0 Å². The van der Waals surface area contributed by atoms with Gasteiger partial charge in [0.2, 0.25) is 0 Å². The van der Waals surface area contributed by atoms with Crippen molar-refractivity contribution >= 4 is 5.91 Å². The van der Waals surface area contributed by atoms with Crippen LogP contribution in [0.15, 0.2) is 36.7 Å². The Morgan fingerprint density at radius 1 is 1.24 bits per heavy atom. The minimum atomic E-state index is -0.0108. The van der Waals surface area contributed by atoms with Gasteiger partial charge in [-0.15, -0.1) is 0 Å².